The lowest BCUT2D eigenvalue weighted by atomic mass is 10.1. The number of ether oxygens (including phenoxy) is 3. The summed E-state index contributed by atoms with van der Waals surface area (Å²) in [7, 11) is 3.20. The summed E-state index contributed by atoms with van der Waals surface area (Å²) < 4.78 is 16.4. The van der Waals surface area contributed by atoms with Crippen LogP contribution in [0, 0.1) is 0 Å². The van der Waals surface area contributed by atoms with E-state index in [9.17, 15) is 9.59 Å². The first-order valence-corrected chi connectivity index (χ1v) is 11.6. The molecule has 0 spiro atoms. The predicted octanol–water partition coefficient (Wildman–Crippen LogP) is 4.13. The number of nitrogens with one attached hydrogen (secondary N) is 1. The van der Waals surface area contributed by atoms with E-state index in [4.69, 9.17) is 14.2 Å². The van der Waals surface area contributed by atoms with Gasteiger partial charge in [0, 0.05) is 0 Å². The Bertz CT molecular complexity index is 929. The van der Waals surface area contributed by atoms with Gasteiger partial charge in [0.2, 0.25) is 5.91 Å². The van der Waals surface area contributed by atoms with Crippen LogP contribution in [-0.4, -0.2) is 45.2 Å². The fourth-order valence-electron chi connectivity index (χ4n) is 3.90. The zero-order chi connectivity index (χ0) is 23.6. The monoisotopic (exact) mass is 454 g/mol. The Kier molecular flexibility index (Phi) is 9.13. The van der Waals surface area contributed by atoms with Gasteiger partial charge >= 0.3 is 0 Å². The number of nitrogens with zero attached hydrogens (tertiary/aromatic N) is 1. The van der Waals surface area contributed by atoms with Crippen molar-refractivity contribution in [1.82, 2.24) is 5.32 Å². The Morgan fingerprint density at radius 1 is 0.970 bits per heavy atom. The lowest BCUT2D eigenvalue weighted by molar-refractivity contribution is -0.121. The Balaban J connectivity index is 1.51. The number of methoxy groups -OCH3 is 2. The molecule has 2 aromatic carbocycles. The van der Waals surface area contributed by atoms with Crippen molar-refractivity contribution in [2.24, 2.45) is 0 Å². The van der Waals surface area contributed by atoms with Crippen molar-refractivity contribution in [2.75, 3.05) is 32.3 Å². The van der Waals surface area contributed by atoms with Gasteiger partial charge in [-0.15, -0.1) is 0 Å². The maximum absolute atomic E-state index is 12.9. The second-order valence-electron chi connectivity index (χ2n) is 8.12. The van der Waals surface area contributed by atoms with E-state index >= 15 is 0 Å². The molecule has 7 nitrogen and oxygen atoms in total. The molecule has 1 fully saturated rings. The van der Waals surface area contributed by atoms with Crippen LogP contribution in [0.4, 0.5) is 5.69 Å². The van der Waals surface area contributed by atoms with Gasteiger partial charge in [-0.1, -0.05) is 32.3 Å². The highest BCUT2D eigenvalue weighted by Crippen LogP contribution is 2.28. The number of rotatable bonds is 13. The van der Waals surface area contributed by atoms with Crippen LogP contribution >= 0.6 is 0 Å². The number of imide groups is 1. The molecule has 2 aromatic rings. The van der Waals surface area contributed by atoms with Crippen molar-refractivity contribution in [1.29, 1.82) is 0 Å². The molecule has 33 heavy (non-hydrogen) atoms. The smallest absolute Gasteiger partial charge is 0.251 e. The van der Waals surface area contributed by atoms with E-state index in [0.717, 1.165) is 24.2 Å². The van der Waals surface area contributed by atoms with Crippen molar-refractivity contribution in [2.45, 2.75) is 51.5 Å². The molecule has 0 radical (unpaired) electrons. The molecule has 0 saturated carbocycles. The minimum absolute atomic E-state index is 0.153. The van der Waals surface area contributed by atoms with Gasteiger partial charge in [-0.3, -0.25) is 9.59 Å². The molecule has 1 atom stereocenters. The zero-order valence-electron chi connectivity index (χ0n) is 19.8. The average molecular weight is 455 g/mol. The van der Waals surface area contributed by atoms with Crippen LogP contribution in [0.5, 0.6) is 17.2 Å². The fraction of sp³-hybridized carbons (Fsp3) is 0.462. The van der Waals surface area contributed by atoms with E-state index < -0.39 is 6.04 Å². The van der Waals surface area contributed by atoms with Crippen LogP contribution in [-0.2, 0) is 16.0 Å². The summed E-state index contributed by atoms with van der Waals surface area (Å²) in [6.07, 6.45) is 5.44. The van der Waals surface area contributed by atoms with Crippen LogP contribution in [0.3, 0.4) is 0 Å². The van der Waals surface area contributed by atoms with Crippen molar-refractivity contribution in [3.63, 3.8) is 0 Å². The Morgan fingerprint density at radius 2 is 1.73 bits per heavy atom. The Morgan fingerprint density at radius 3 is 2.42 bits per heavy atom. The molecule has 3 rings (SSSR count). The van der Waals surface area contributed by atoms with Crippen LogP contribution < -0.4 is 24.4 Å². The van der Waals surface area contributed by atoms with E-state index in [1.54, 1.807) is 26.4 Å². The fourth-order valence-corrected chi connectivity index (χ4v) is 3.90. The highest BCUT2D eigenvalue weighted by Gasteiger charge is 2.39. The molecule has 1 saturated heterocycles. The SMILES string of the molecule is CCCCCCOc1ccc(N2C(=O)CC(NCCc3ccc(OC)c(OC)c3)C2=O)cc1. The minimum Gasteiger partial charge on any atom is -0.494 e. The van der Waals surface area contributed by atoms with Gasteiger partial charge in [-0.05, 0) is 61.3 Å². The molecule has 0 aromatic heterocycles. The quantitative estimate of drug-likeness (QED) is 0.362. The third kappa shape index (κ3) is 6.48. The first-order valence-electron chi connectivity index (χ1n) is 11.6. The number of amides is 2. The lowest BCUT2D eigenvalue weighted by Crippen LogP contribution is -2.39. The topological polar surface area (TPSA) is 77.1 Å². The van der Waals surface area contributed by atoms with Crippen LogP contribution in [0.25, 0.3) is 0 Å². The summed E-state index contributed by atoms with van der Waals surface area (Å²) in [6.45, 7) is 3.42. The van der Waals surface area contributed by atoms with Crippen molar-refractivity contribution < 1.29 is 23.8 Å². The molecule has 1 aliphatic heterocycles. The highest BCUT2D eigenvalue weighted by molar-refractivity contribution is 6.22. The van der Waals surface area contributed by atoms with Crippen LogP contribution in [0.2, 0.25) is 0 Å². The Hall–Kier alpha value is -3.06. The summed E-state index contributed by atoms with van der Waals surface area (Å²) >= 11 is 0. The lowest BCUT2D eigenvalue weighted by Gasteiger charge is -2.16. The predicted molar refractivity (Wildman–Crippen MR) is 128 cm³/mol. The molecule has 1 aliphatic rings. The minimum atomic E-state index is -0.521. The first kappa shape index (κ1) is 24.6. The molecule has 0 bridgehead atoms. The van der Waals surface area contributed by atoms with Gasteiger partial charge in [0.05, 0.1) is 39.0 Å². The molecule has 7 heteroatoms. The van der Waals surface area contributed by atoms with Gasteiger partial charge in [0.25, 0.3) is 5.91 Å². The average Bonchev–Trinajstić information content (AvgIpc) is 3.12. The van der Waals surface area contributed by atoms with Gasteiger partial charge < -0.3 is 19.5 Å². The largest absolute Gasteiger partial charge is 0.494 e. The molecular formula is C26H34N2O5. The first-order chi connectivity index (χ1) is 16.1. The van der Waals surface area contributed by atoms with E-state index in [1.165, 1.54) is 17.7 Å². The summed E-state index contributed by atoms with van der Waals surface area (Å²) in [4.78, 5) is 26.7. The molecule has 1 N–H and O–H groups in total. The maximum Gasteiger partial charge on any atom is 0.251 e. The second kappa shape index (κ2) is 12.3. The number of benzene rings is 2. The van der Waals surface area contributed by atoms with E-state index in [-0.39, 0.29) is 18.2 Å². The van der Waals surface area contributed by atoms with Crippen molar-refractivity contribution in [3.8, 4) is 17.2 Å². The second-order valence-corrected chi connectivity index (χ2v) is 8.12. The van der Waals surface area contributed by atoms with E-state index in [2.05, 4.69) is 12.2 Å². The van der Waals surface area contributed by atoms with E-state index in [0.29, 0.717) is 36.8 Å². The third-order valence-corrected chi connectivity index (χ3v) is 5.76. The molecule has 2 amide bonds. The third-order valence-electron chi connectivity index (χ3n) is 5.76. The van der Waals surface area contributed by atoms with Crippen LogP contribution in [0.1, 0.15) is 44.6 Å². The summed E-state index contributed by atoms with van der Waals surface area (Å²) in [5.74, 6) is 1.67. The van der Waals surface area contributed by atoms with Crippen molar-refractivity contribution >= 4 is 17.5 Å². The highest BCUT2D eigenvalue weighted by atomic mass is 16.5. The number of hydrogen-bond acceptors (Lipinski definition) is 6. The van der Waals surface area contributed by atoms with Gasteiger partial charge in [0.15, 0.2) is 11.5 Å². The van der Waals surface area contributed by atoms with E-state index in [1.807, 2.05) is 30.3 Å². The standard InChI is InChI=1S/C26H34N2O5/c1-4-5-6-7-16-33-21-11-9-20(10-12-21)28-25(29)18-22(26(28)30)27-15-14-19-8-13-23(31-2)24(17-19)32-3/h8-13,17,22,27H,4-7,14-16,18H2,1-3H3. The van der Waals surface area contributed by atoms with Gasteiger partial charge in [-0.25, -0.2) is 4.90 Å². The number of carbonyl (C=O) groups is 2. The summed E-state index contributed by atoms with van der Waals surface area (Å²) in [5.41, 5.74) is 1.63. The van der Waals surface area contributed by atoms with Crippen LogP contribution in [0.15, 0.2) is 42.5 Å². The molecule has 0 aliphatic carbocycles. The molecule has 1 unspecified atom stereocenters. The Labute approximate surface area is 196 Å². The normalized spacial score (nSPS) is 15.7. The summed E-state index contributed by atoms with van der Waals surface area (Å²) in [5, 5.41) is 3.22. The maximum atomic E-state index is 12.9. The van der Waals surface area contributed by atoms with Gasteiger partial charge in [0.1, 0.15) is 5.75 Å². The zero-order valence-corrected chi connectivity index (χ0v) is 19.8. The summed E-state index contributed by atoms with van der Waals surface area (Å²) in [6, 6.07) is 12.4. The molecular weight excluding hydrogens is 420 g/mol. The molecule has 1 heterocycles. The molecule has 178 valence electrons. The number of hydrogen-bond donors (Lipinski definition) is 1. The van der Waals surface area contributed by atoms with Crippen molar-refractivity contribution in [3.05, 3.63) is 48.0 Å². The number of carbonyl (C=O) groups excluding carboxylic acids is 2. The number of anilines is 1. The number of unbranched alkanes of at least 4 members (excludes halogenated alkanes) is 3. The van der Waals surface area contributed by atoms with Gasteiger partial charge in [-0.2, -0.15) is 0 Å².